The fraction of sp³-hybridized carbons (Fsp3) is 0.667. The Morgan fingerprint density at radius 2 is 2.12 bits per heavy atom. The molecule has 3 N–H and O–H groups in total. The van der Waals surface area contributed by atoms with Gasteiger partial charge in [0.25, 0.3) is 0 Å². The molecule has 5 nitrogen and oxygen atoms in total. The van der Waals surface area contributed by atoms with Crippen LogP contribution in [0.2, 0.25) is 0 Å². The second kappa shape index (κ2) is 9.50. The molecule has 0 aromatic carbocycles. The maximum atomic E-state index is 11.3. The molecule has 0 aliphatic carbocycles. The Morgan fingerprint density at radius 3 is 2.75 bits per heavy atom. The van der Waals surface area contributed by atoms with Crippen LogP contribution in [0.15, 0.2) is 5.51 Å². The number of aromatic nitrogens is 2. The molecule has 0 spiro atoms. The Morgan fingerprint density at radius 1 is 1.38 bits per heavy atom. The number of unbranched alkanes of at least 4 members (excludes halogenated alkanes) is 3. The van der Waals surface area contributed by atoms with Crippen molar-refractivity contribution in [3.63, 3.8) is 0 Å². The van der Waals surface area contributed by atoms with Crippen molar-refractivity contribution >= 4 is 34.8 Å². The molecule has 0 fully saturated rings. The largest absolute Gasteiger partial charge is 0.330 e. The molecule has 0 aliphatic rings. The van der Waals surface area contributed by atoms with Crippen LogP contribution >= 0.6 is 23.7 Å². The van der Waals surface area contributed by atoms with E-state index < -0.39 is 0 Å². The third-order valence-corrected chi connectivity index (χ3v) is 2.57. The quantitative estimate of drug-likeness (QED) is 0.736. The molecule has 0 bridgehead atoms. The molecule has 92 valence electrons. The first-order valence-corrected chi connectivity index (χ1v) is 5.97. The summed E-state index contributed by atoms with van der Waals surface area (Å²) in [5.74, 6) is 0.0134. The Hall–Kier alpha value is -0.720. The van der Waals surface area contributed by atoms with Crippen LogP contribution in [0.25, 0.3) is 0 Å². The van der Waals surface area contributed by atoms with Crippen molar-refractivity contribution in [1.82, 2.24) is 10.2 Å². The highest BCUT2D eigenvalue weighted by atomic mass is 35.5. The molecule has 0 aliphatic heterocycles. The number of amides is 1. The number of anilines is 1. The molecule has 1 aromatic rings. The fourth-order valence-corrected chi connectivity index (χ4v) is 1.65. The average molecular weight is 265 g/mol. The lowest BCUT2D eigenvalue weighted by Crippen LogP contribution is -2.10. The fourth-order valence-electron chi connectivity index (χ4n) is 1.19. The first kappa shape index (κ1) is 15.3. The van der Waals surface area contributed by atoms with Crippen LogP contribution in [0, 0.1) is 0 Å². The SMILES string of the molecule is Cl.NCCCCCCC(=O)Nc1nncs1. The van der Waals surface area contributed by atoms with Crippen LogP contribution in [0.3, 0.4) is 0 Å². The van der Waals surface area contributed by atoms with Gasteiger partial charge in [-0.1, -0.05) is 24.2 Å². The molecular weight excluding hydrogens is 248 g/mol. The lowest BCUT2D eigenvalue weighted by atomic mass is 10.1. The van der Waals surface area contributed by atoms with Crippen LogP contribution in [0.4, 0.5) is 5.13 Å². The van der Waals surface area contributed by atoms with E-state index in [4.69, 9.17) is 5.73 Å². The van der Waals surface area contributed by atoms with Crippen molar-refractivity contribution < 1.29 is 4.79 Å². The Balaban J connectivity index is 0.00000225. The van der Waals surface area contributed by atoms with Gasteiger partial charge >= 0.3 is 0 Å². The first-order chi connectivity index (χ1) is 7.33. The van der Waals surface area contributed by atoms with Gasteiger partial charge in [-0.05, 0) is 19.4 Å². The number of hydrogen-bond donors (Lipinski definition) is 2. The Bertz CT molecular complexity index is 281. The number of halogens is 1. The zero-order chi connectivity index (χ0) is 10.9. The van der Waals surface area contributed by atoms with Gasteiger partial charge in [-0.3, -0.25) is 4.79 Å². The lowest BCUT2D eigenvalue weighted by Gasteiger charge is -2.00. The zero-order valence-electron chi connectivity index (χ0n) is 9.02. The van der Waals surface area contributed by atoms with E-state index in [2.05, 4.69) is 15.5 Å². The summed E-state index contributed by atoms with van der Waals surface area (Å²) in [4.78, 5) is 11.3. The molecule has 0 saturated carbocycles. The van der Waals surface area contributed by atoms with Gasteiger partial charge in [0.05, 0.1) is 0 Å². The van der Waals surface area contributed by atoms with E-state index in [0.717, 1.165) is 32.2 Å². The number of carbonyl (C=O) groups excluding carboxylic acids is 1. The third kappa shape index (κ3) is 6.71. The minimum Gasteiger partial charge on any atom is -0.330 e. The minimum absolute atomic E-state index is 0. The predicted molar refractivity (Wildman–Crippen MR) is 67.9 cm³/mol. The maximum Gasteiger partial charge on any atom is 0.226 e. The Kier molecular flexibility index (Phi) is 9.07. The van der Waals surface area contributed by atoms with E-state index in [0.29, 0.717) is 11.6 Å². The van der Waals surface area contributed by atoms with E-state index in [-0.39, 0.29) is 18.3 Å². The predicted octanol–water partition coefficient (Wildman–Crippen LogP) is 1.81. The Labute approximate surface area is 105 Å². The van der Waals surface area contributed by atoms with Crippen molar-refractivity contribution in [1.29, 1.82) is 0 Å². The molecule has 1 heterocycles. The van der Waals surface area contributed by atoms with Crippen LogP contribution in [-0.4, -0.2) is 22.6 Å². The number of nitrogens with one attached hydrogen (secondary N) is 1. The molecule has 1 rings (SSSR count). The number of carbonyl (C=O) groups is 1. The molecule has 16 heavy (non-hydrogen) atoms. The maximum absolute atomic E-state index is 11.3. The number of nitrogens with two attached hydrogens (primary N) is 1. The van der Waals surface area contributed by atoms with Crippen LogP contribution in [-0.2, 0) is 4.79 Å². The number of rotatable bonds is 7. The number of hydrogen-bond acceptors (Lipinski definition) is 5. The van der Waals surface area contributed by atoms with Crippen LogP contribution in [0.1, 0.15) is 32.1 Å². The van der Waals surface area contributed by atoms with Gasteiger partial charge in [-0.2, -0.15) is 0 Å². The van der Waals surface area contributed by atoms with Gasteiger partial charge in [0.2, 0.25) is 11.0 Å². The summed E-state index contributed by atoms with van der Waals surface area (Å²) < 4.78 is 0. The molecular formula is C9H17ClN4OS. The summed E-state index contributed by atoms with van der Waals surface area (Å²) >= 11 is 1.33. The van der Waals surface area contributed by atoms with Crippen LogP contribution < -0.4 is 11.1 Å². The average Bonchev–Trinajstić information content (AvgIpc) is 2.70. The number of nitrogens with zero attached hydrogens (tertiary/aromatic N) is 2. The van der Waals surface area contributed by atoms with Crippen molar-refractivity contribution in [2.24, 2.45) is 5.73 Å². The smallest absolute Gasteiger partial charge is 0.226 e. The van der Waals surface area contributed by atoms with Gasteiger partial charge < -0.3 is 11.1 Å². The van der Waals surface area contributed by atoms with Gasteiger partial charge in [-0.15, -0.1) is 22.6 Å². The van der Waals surface area contributed by atoms with Gasteiger partial charge in [0.1, 0.15) is 5.51 Å². The van der Waals surface area contributed by atoms with E-state index in [9.17, 15) is 4.79 Å². The summed E-state index contributed by atoms with van der Waals surface area (Å²) in [7, 11) is 0. The highest BCUT2D eigenvalue weighted by Gasteiger charge is 2.03. The lowest BCUT2D eigenvalue weighted by molar-refractivity contribution is -0.116. The second-order valence-corrected chi connectivity index (χ2v) is 4.08. The molecule has 7 heteroatoms. The second-order valence-electron chi connectivity index (χ2n) is 3.24. The minimum atomic E-state index is 0. The van der Waals surface area contributed by atoms with E-state index in [1.165, 1.54) is 11.3 Å². The summed E-state index contributed by atoms with van der Waals surface area (Å²) in [6, 6.07) is 0. The van der Waals surface area contributed by atoms with Gasteiger partial charge in [-0.25, -0.2) is 0 Å². The third-order valence-electron chi connectivity index (χ3n) is 1.96. The standard InChI is InChI=1S/C9H16N4OS.ClH/c10-6-4-2-1-3-5-8(14)12-9-13-11-7-15-9;/h7H,1-6,10H2,(H,12,13,14);1H. The van der Waals surface area contributed by atoms with Crippen molar-refractivity contribution in [2.75, 3.05) is 11.9 Å². The summed E-state index contributed by atoms with van der Waals surface area (Å²) in [6.07, 6.45) is 4.65. The monoisotopic (exact) mass is 264 g/mol. The molecule has 0 unspecified atom stereocenters. The molecule has 0 atom stereocenters. The highest BCUT2D eigenvalue weighted by Crippen LogP contribution is 2.09. The van der Waals surface area contributed by atoms with E-state index >= 15 is 0 Å². The summed E-state index contributed by atoms with van der Waals surface area (Å²) in [5.41, 5.74) is 6.96. The summed E-state index contributed by atoms with van der Waals surface area (Å²) in [5, 5.41) is 10.6. The van der Waals surface area contributed by atoms with Crippen molar-refractivity contribution in [3.8, 4) is 0 Å². The topological polar surface area (TPSA) is 80.9 Å². The van der Waals surface area contributed by atoms with Gasteiger partial charge in [0, 0.05) is 6.42 Å². The molecule has 1 amide bonds. The van der Waals surface area contributed by atoms with Crippen LogP contribution in [0.5, 0.6) is 0 Å². The molecule has 0 radical (unpaired) electrons. The molecule has 0 saturated heterocycles. The zero-order valence-corrected chi connectivity index (χ0v) is 10.6. The van der Waals surface area contributed by atoms with E-state index in [1.807, 2.05) is 0 Å². The van der Waals surface area contributed by atoms with Crippen molar-refractivity contribution in [3.05, 3.63) is 5.51 Å². The normalized spacial score (nSPS) is 9.56. The van der Waals surface area contributed by atoms with E-state index in [1.54, 1.807) is 5.51 Å². The molecule has 1 aromatic heterocycles. The summed E-state index contributed by atoms with van der Waals surface area (Å²) in [6.45, 7) is 0.733. The van der Waals surface area contributed by atoms with Crippen molar-refractivity contribution in [2.45, 2.75) is 32.1 Å². The first-order valence-electron chi connectivity index (χ1n) is 5.09. The highest BCUT2D eigenvalue weighted by molar-refractivity contribution is 7.13. The van der Waals surface area contributed by atoms with Gasteiger partial charge in [0.15, 0.2) is 0 Å².